The fourth-order valence-corrected chi connectivity index (χ4v) is 4.15. The molecule has 1 aliphatic heterocycles. The lowest BCUT2D eigenvalue weighted by Crippen LogP contribution is -2.46. The van der Waals surface area contributed by atoms with Gasteiger partial charge < -0.3 is 9.52 Å². The molecule has 154 valence electrons. The normalized spacial score (nSPS) is 21.1. The first-order valence-corrected chi connectivity index (χ1v) is 10.1. The minimum absolute atomic E-state index is 0.0718. The highest BCUT2D eigenvalue weighted by Gasteiger charge is 2.51. The Bertz CT molecular complexity index is 1060. The summed E-state index contributed by atoms with van der Waals surface area (Å²) < 4.78 is 5.85. The molecule has 8 nitrogen and oxygen atoms in total. The summed E-state index contributed by atoms with van der Waals surface area (Å²) in [6, 6.07) is 13.3. The van der Waals surface area contributed by atoms with Crippen LogP contribution in [0.1, 0.15) is 48.4 Å². The number of carbonyl (C=O) groups is 1. The van der Waals surface area contributed by atoms with Crippen molar-refractivity contribution in [2.45, 2.75) is 43.4 Å². The van der Waals surface area contributed by atoms with E-state index in [1.54, 1.807) is 13.2 Å². The molecule has 2 aromatic heterocycles. The van der Waals surface area contributed by atoms with Gasteiger partial charge in [-0.15, -0.1) is 10.2 Å². The van der Waals surface area contributed by atoms with Crippen molar-refractivity contribution >= 4 is 11.7 Å². The predicted octanol–water partition coefficient (Wildman–Crippen LogP) is 2.10. The van der Waals surface area contributed by atoms with Crippen LogP contribution in [0, 0.1) is 0 Å². The standard InChI is InChI=1S/C22H23N5O3/c1-27-17-14(6-5-13-23-17)9-10-16(20(27)29)24-18(28)19-25-26-21(30-19)22(11-12-22)15-7-3-2-4-8-15/h2-8,13,16,18,24,28H,9-12H2,1H3/t16-,18?/m1/s1. The van der Waals surface area contributed by atoms with Gasteiger partial charge in [-0.05, 0) is 42.9 Å². The molecule has 8 heteroatoms. The van der Waals surface area contributed by atoms with Crippen molar-refractivity contribution in [3.05, 3.63) is 71.6 Å². The number of aliphatic hydroxyl groups excluding tert-OH is 1. The molecule has 1 saturated carbocycles. The number of likely N-dealkylation sites (N-methyl/N-ethyl adjacent to an activating group) is 1. The highest BCUT2D eigenvalue weighted by molar-refractivity contribution is 5.97. The number of anilines is 1. The number of nitrogens with one attached hydrogen (secondary N) is 1. The minimum atomic E-state index is -1.23. The van der Waals surface area contributed by atoms with Crippen LogP contribution in [0.2, 0.25) is 0 Å². The molecular weight excluding hydrogens is 382 g/mol. The molecule has 1 amide bonds. The molecule has 2 atom stereocenters. The summed E-state index contributed by atoms with van der Waals surface area (Å²) in [7, 11) is 1.70. The molecule has 3 heterocycles. The maximum atomic E-state index is 12.9. The number of hydrogen-bond donors (Lipinski definition) is 2. The Morgan fingerprint density at radius 3 is 2.77 bits per heavy atom. The molecule has 2 aliphatic rings. The van der Waals surface area contributed by atoms with E-state index in [0.717, 1.165) is 24.0 Å². The molecule has 30 heavy (non-hydrogen) atoms. The second kappa shape index (κ2) is 7.30. The van der Waals surface area contributed by atoms with E-state index in [2.05, 4.69) is 32.6 Å². The topological polar surface area (TPSA) is 104 Å². The van der Waals surface area contributed by atoms with Gasteiger partial charge in [0, 0.05) is 13.2 Å². The zero-order chi connectivity index (χ0) is 20.7. The largest absolute Gasteiger partial charge is 0.420 e. The third-order valence-corrected chi connectivity index (χ3v) is 6.04. The Balaban J connectivity index is 1.32. The summed E-state index contributed by atoms with van der Waals surface area (Å²) in [6.07, 6.45) is 3.52. The van der Waals surface area contributed by atoms with E-state index in [-0.39, 0.29) is 17.2 Å². The van der Waals surface area contributed by atoms with Gasteiger partial charge in [0.15, 0.2) is 6.23 Å². The van der Waals surface area contributed by atoms with Crippen LogP contribution in [-0.4, -0.2) is 39.3 Å². The van der Waals surface area contributed by atoms with Crippen molar-refractivity contribution in [2.75, 3.05) is 11.9 Å². The summed E-state index contributed by atoms with van der Waals surface area (Å²) in [6.45, 7) is 0. The predicted molar refractivity (Wildman–Crippen MR) is 109 cm³/mol. The monoisotopic (exact) mass is 405 g/mol. The van der Waals surface area contributed by atoms with Crippen molar-refractivity contribution in [1.29, 1.82) is 0 Å². The van der Waals surface area contributed by atoms with Gasteiger partial charge in [-0.25, -0.2) is 4.98 Å². The van der Waals surface area contributed by atoms with E-state index in [1.807, 2.05) is 30.3 Å². The number of hydrogen-bond acceptors (Lipinski definition) is 7. The number of amides is 1. The van der Waals surface area contributed by atoms with E-state index < -0.39 is 12.3 Å². The van der Waals surface area contributed by atoms with Crippen LogP contribution in [0.15, 0.2) is 53.1 Å². The fraction of sp³-hybridized carbons (Fsp3) is 0.364. The maximum Gasteiger partial charge on any atom is 0.259 e. The lowest BCUT2D eigenvalue weighted by molar-refractivity contribution is -0.121. The lowest BCUT2D eigenvalue weighted by Gasteiger charge is -2.22. The number of benzene rings is 1. The van der Waals surface area contributed by atoms with Crippen molar-refractivity contribution in [2.24, 2.45) is 0 Å². The summed E-state index contributed by atoms with van der Waals surface area (Å²) in [5.74, 6) is 1.07. The smallest absolute Gasteiger partial charge is 0.259 e. The first-order chi connectivity index (χ1) is 14.6. The van der Waals surface area contributed by atoms with E-state index in [9.17, 15) is 9.90 Å². The number of fused-ring (bicyclic) bond motifs is 1. The Morgan fingerprint density at radius 1 is 1.20 bits per heavy atom. The van der Waals surface area contributed by atoms with Crippen LogP contribution in [0.4, 0.5) is 5.82 Å². The molecular formula is C22H23N5O3. The summed E-state index contributed by atoms with van der Waals surface area (Å²) >= 11 is 0. The quantitative estimate of drug-likeness (QED) is 0.627. The Hall–Kier alpha value is -3.10. The van der Waals surface area contributed by atoms with Gasteiger partial charge in [-0.2, -0.15) is 0 Å². The van der Waals surface area contributed by atoms with Crippen molar-refractivity contribution in [3.63, 3.8) is 0 Å². The van der Waals surface area contributed by atoms with E-state index in [4.69, 9.17) is 4.42 Å². The van der Waals surface area contributed by atoms with Gasteiger partial charge in [-0.1, -0.05) is 36.4 Å². The van der Waals surface area contributed by atoms with Crippen LogP contribution in [0.5, 0.6) is 0 Å². The van der Waals surface area contributed by atoms with E-state index in [0.29, 0.717) is 24.6 Å². The molecule has 0 saturated heterocycles. The third kappa shape index (κ3) is 3.18. The van der Waals surface area contributed by atoms with Crippen LogP contribution in [-0.2, 0) is 16.6 Å². The molecule has 1 unspecified atom stereocenters. The second-order valence-electron chi connectivity index (χ2n) is 7.94. The van der Waals surface area contributed by atoms with Gasteiger partial charge in [0.25, 0.3) is 5.89 Å². The molecule has 5 rings (SSSR count). The Kier molecular flexibility index (Phi) is 4.60. The fourth-order valence-electron chi connectivity index (χ4n) is 4.15. The van der Waals surface area contributed by atoms with Gasteiger partial charge in [0.2, 0.25) is 11.8 Å². The molecule has 0 spiro atoms. The number of rotatable bonds is 5. The minimum Gasteiger partial charge on any atom is -0.420 e. The number of aromatic nitrogens is 3. The number of aliphatic hydroxyl groups is 1. The van der Waals surface area contributed by atoms with Gasteiger partial charge in [-0.3, -0.25) is 15.0 Å². The first-order valence-electron chi connectivity index (χ1n) is 10.1. The average molecular weight is 405 g/mol. The first kappa shape index (κ1) is 18.9. The molecule has 3 aromatic rings. The zero-order valence-electron chi connectivity index (χ0n) is 16.7. The van der Waals surface area contributed by atoms with Crippen LogP contribution < -0.4 is 10.2 Å². The van der Waals surface area contributed by atoms with Crippen LogP contribution >= 0.6 is 0 Å². The summed E-state index contributed by atoms with van der Waals surface area (Å²) in [4.78, 5) is 18.7. The van der Waals surface area contributed by atoms with Crippen LogP contribution in [0.25, 0.3) is 0 Å². The SMILES string of the molecule is CN1C(=O)[C@H](NC(O)c2nnc(C3(c4ccccc4)CC3)o2)CCc2cccnc21. The van der Waals surface area contributed by atoms with Gasteiger partial charge >= 0.3 is 0 Å². The summed E-state index contributed by atoms with van der Waals surface area (Å²) in [5, 5.41) is 21.9. The third-order valence-electron chi connectivity index (χ3n) is 6.04. The van der Waals surface area contributed by atoms with Crippen molar-refractivity contribution in [1.82, 2.24) is 20.5 Å². The molecule has 2 N–H and O–H groups in total. The molecule has 0 bridgehead atoms. The Morgan fingerprint density at radius 2 is 2.00 bits per heavy atom. The molecule has 1 fully saturated rings. The van der Waals surface area contributed by atoms with Crippen molar-refractivity contribution in [3.8, 4) is 0 Å². The Labute approximate surface area is 174 Å². The summed E-state index contributed by atoms with van der Waals surface area (Å²) in [5.41, 5.74) is 1.87. The van der Waals surface area contributed by atoms with Gasteiger partial charge in [0.1, 0.15) is 5.82 Å². The number of aryl methyl sites for hydroxylation is 1. The van der Waals surface area contributed by atoms with E-state index >= 15 is 0 Å². The van der Waals surface area contributed by atoms with Gasteiger partial charge in [0.05, 0.1) is 11.5 Å². The number of pyridine rings is 1. The maximum absolute atomic E-state index is 12.9. The van der Waals surface area contributed by atoms with E-state index in [1.165, 1.54) is 4.90 Å². The molecule has 1 aliphatic carbocycles. The number of nitrogens with zero attached hydrogens (tertiary/aromatic N) is 4. The number of carbonyl (C=O) groups excluding carboxylic acids is 1. The zero-order valence-corrected chi connectivity index (χ0v) is 16.7. The highest BCUT2D eigenvalue weighted by Crippen LogP contribution is 2.52. The molecule has 0 radical (unpaired) electrons. The molecule has 1 aromatic carbocycles. The second-order valence-corrected chi connectivity index (χ2v) is 7.94. The lowest BCUT2D eigenvalue weighted by atomic mass is 9.96. The van der Waals surface area contributed by atoms with Crippen molar-refractivity contribution < 1.29 is 14.3 Å². The van der Waals surface area contributed by atoms with Crippen LogP contribution in [0.3, 0.4) is 0 Å². The average Bonchev–Trinajstić information content (AvgIpc) is 3.47. The highest BCUT2D eigenvalue weighted by atomic mass is 16.4.